The first-order valence-electron chi connectivity index (χ1n) is 10.3. The number of carbonyl (C=O) groups excluding carboxylic acids is 2. The predicted molar refractivity (Wildman–Crippen MR) is 118 cm³/mol. The van der Waals surface area contributed by atoms with Gasteiger partial charge in [0, 0.05) is 43.9 Å². The Morgan fingerprint density at radius 3 is 2.33 bits per heavy atom. The van der Waals surface area contributed by atoms with Crippen LogP contribution in [0.5, 0.6) is 5.75 Å². The van der Waals surface area contributed by atoms with Crippen molar-refractivity contribution in [2.24, 2.45) is 0 Å². The average Bonchev–Trinajstić information content (AvgIpc) is 3.24. The van der Waals surface area contributed by atoms with Crippen LogP contribution in [0.3, 0.4) is 0 Å². The first kappa shape index (κ1) is 21.9. The van der Waals surface area contributed by atoms with Crippen LogP contribution < -0.4 is 4.74 Å². The third-order valence-electron chi connectivity index (χ3n) is 5.55. The van der Waals surface area contributed by atoms with Crippen LogP contribution in [0.2, 0.25) is 0 Å². The summed E-state index contributed by atoms with van der Waals surface area (Å²) in [6, 6.07) is 12.9. The molecule has 33 heavy (non-hydrogen) atoms. The zero-order valence-electron chi connectivity index (χ0n) is 18.2. The predicted octanol–water partition coefficient (Wildman–Crippen LogP) is 2.09. The van der Waals surface area contributed by atoms with Crippen molar-refractivity contribution in [3.8, 4) is 11.4 Å². The number of nitro groups is 1. The minimum Gasteiger partial charge on any atom is -0.497 e. The van der Waals surface area contributed by atoms with Gasteiger partial charge >= 0.3 is 0 Å². The lowest BCUT2D eigenvalue weighted by molar-refractivity contribution is -0.384. The molecule has 0 radical (unpaired) electrons. The zero-order valence-corrected chi connectivity index (χ0v) is 18.2. The molecule has 4 rings (SSSR count). The molecule has 2 amide bonds. The molecule has 11 heteroatoms. The molecule has 0 unspecified atom stereocenters. The molecule has 1 aliphatic heterocycles. The second kappa shape index (κ2) is 9.07. The van der Waals surface area contributed by atoms with Crippen molar-refractivity contribution in [3.05, 3.63) is 75.6 Å². The fourth-order valence-corrected chi connectivity index (χ4v) is 3.71. The fourth-order valence-electron chi connectivity index (χ4n) is 3.71. The second-order valence-electron chi connectivity index (χ2n) is 7.53. The van der Waals surface area contributed by atoms with E-state index in [9.17, 15) is 19.7 Å². The Morgan fingerprint density at radius 1 is 1.00 bits per heavy atom. The molecule has 0 saturated carbocycles. The molecule has 1 fully saturated rings. The minimum atomic E-state index is -0.492. The van der Waals surface area contributed by atoms with Gasteiger partial charge in [0.2, 0.25) is 0 Å². The van der Waals surface area contributed by atoms with Gasteiger partial charge in [0.25, 0.3) is 17.5 Å². The van der Waals surface area contributed by atoms with Crippen LogP contribution >= 0.6 is 0 Å². The van der Waals surface area contributed by atoms with E-state index in [0.717, 1.165) is 0 Å². The Hall–Kier alpha value is -4.28. The molecule has 2 aromatic carbocycles. The highest BCUT2D eigenvalue weighted by molar-refractivity contribution is 5.96. The normalized spacial score (nSPS) is 13.6. The van der Waals surface area contributed by atoms with Crippen LogP contribution in [0.15, 0.2) is 48.5 Å². The molecule has 170 valence electrons. The van der Waals surface area contributed by atoms with Gasteiger partial charge in [0.1, 0.15) is 5.75 Å². The second-order valence-corrected chi connectivity index (χ2v) is 7.53. The van der Waals surface area contributed by atoms with E-state index in [2.05, 4.69) is 10.3 Å². The highest BCUT2D eigenvalue weighted by atomic mass is 16.6. The van der Waals surface area contributed by atoms with Gasteiger partial charge in [0.05, 0.1) is 23.4 Å². The molecule has 0 N–H and O–H groups in total. The van der Waals surface area contributed by atoms with Crippen LogP contribution in [-0.2, 0) is 0 Å². The van der Waals surface area contributed by atoms with Crippen molar-refractivity contribution in [3.63, 3.8) is 0 Å². The maximum Gasteiger partial charge on any atom is 0.276 e. The van der Waals surface area contributed by atoms with E-state index in [1.54, 1.807) is 60.2 Å². The van der Waals surface area contributed by atoms with E-state index in [1.165, 1.54) is 16.8 Å². The lowest BCUT2D eigenvalue weighted by atomic mass is 10.1. The summed E-state index contributed by atoms with van der Waals surface area (Å²) < 4.78 is 6.59. The number of methoxy groups -OCH3 is 1. The lowest BCUT2D eigenvalue weighted by Gasteiger charge is -2.34. The van der Waals surface area contributed by atoms with Gasteiger partial charge in [-0.2, -0.15) is 0 Å². The SMILES string of the molecule is COc1cccc(C(=O)N2CCN(C(=O)c3nnn(-c4cccc([N+](=O)[O-])c4)c3C)CC2)c1. The zero-order chi connectivity index (χ0) is 23.5. The number of benzene rings is 2. The third-order valence-corrected chi connectivity index (χ3v) is 5.55. The van der Waals surface area contributed by atoms with Crippen LogP contribution in [-0.4, -0.2) is 74.8 Å². The van der Waals surface area contributed by atoms with Crippen molar-refractivity contribution in [1.82, 2.24) is 24.8 Å². The summed E-state index contributed by atoms with van der Waals surface area (Å²) in [5, 5.41) is 19.1. The molecule has 2 heterocycles. The summed E-state index contributed by atoms with van der Waals surface area (Å²) in [5.74, 6) is 0.198. The van der Waals surface area contributed by atoms with E-state index in [-0.39, 0.29) is 23.2 Å². The highest BCUT2D eigenvalue weighted by Gasteiger charge is 2.28. The summed E-state index contributed by atoms with van der Waals surface area (Å²) in [7, 11) is 1.55. The Bertz CT molecular complexity index is 1220. The number of hydrogen-bond acceptors (Lipinski definition) is 7. The maximum absolute atomic E-state index is 13.1. The minimum absolute atomic E-state index is 0.0768. The Labute approximate surface area is 189 Å². The highest BCUT2D eigenvalue weighted by Crippen LogP contribution is 2.20. The first-order chi connectivity index (χ1) is 15.9. The number of ether oxygens (including phenoxy) is 1. The number of nitrogens with zero attached hydrogens (tertiary/aromatic N) is 6. The molecule has 0 atom stereocenters. The molecular formula is C22H22N6O5. The Balaban J connectivity index is 1.45. The average molecular weight is 450 g/mol. The van der Waals surface area contributed by atoms with E-state index >= 15 is 0 Å². The van der Waals surface area contributed by atoms with Crippen molar-refractivity contribution in [2.75, 3.05) is 33.3 Å². The van der Waals surface area contributed by atoms with Crippen LogP contribution in [0, 0.1) is 17.0 Å². The van der Waals surface area contributed by atoms with Gasteiger partial charge < -0.3 is 14.5 Å². The monoisotopic (exact) mass is 450 g/mol. The molecule has 1 aromatic heterocycles. The quantitative estimate of drug-likeness (QED) is 0.431. The standard InChI is InChI=1S/C22H22N6O5/c1-15-20(23-24-27(15)17-6-4-7-18(14-17)28(31)32)22(30)26-11-9-25(10-12-26)21(29)16-5-3-8-19(13-16)33-2/h3-8,13-14H,9-12H2,1-2H3. The van der Waals surface area contributed by atoms with Crippen LogP contribution in [0.4, 0.5) is 5.69 Å². The molecule has 3 aromatic rings. The fraction of sp³-hybridized carbons (Fsp3) is 0.273. The molecular weight excluding hydrogens is 428 g/mol. The number of carbonyl (C=O) groups is 2. The Morgan fingerprint density at radius 2 is 1.67 bits per heavy atom. The number of rotatable bonds is 5. The first-order valence-corrected chi connectivity index (χ1v) is 10.3. The maximum atomic E-state index is 13.1. The third kappa shape index (κ3) is 4.38. The van der Waals surface area contributed by atoms with Gasteiger partial charge in [-0.05, 0) is 31.2 Å². The molecule has 0 bridgehead atoms. The topological polar surface area (TPSA) is 124 Å². The largest absolute Gasteiger partial charge is 0.497 e. The summed E-state index contributed by atoms with van der Waals surface area (Å²) in [6.45, 7) is 3.18. The number of piperazine rings is 1. The van der Waals surface area contributed by atoms with Gasteiger partial charge in [0.15, 0.2) is 5.69 Å². The molecule has 0 spiro atoms. The van der Waals surface area contributed by atoms with Gasteiger partial charge in [-0.15, -0.1) is 5.10 Å². The van der Waals surface area contributed by atoms with Crippen molar-refractivity contribution in [1.29, 1.82) is 0 Å². The smallest absolute Gasteiger partial charge is 0.276 e. The van der Waals surface area contributed by atoms with Crippen molar-refractivity contribution >= 4 is 17.5 Å². The Kier molecular flexibility index (Phi) is 6.03. The molecule has 11 nitrogen and oxygen atoms in total. The summed E-state index contributed by atoms with van der Waals surface area (Å²) in [6.07, 6.45) is 0. The van der Waals surface area contributed by atoms with E-state index in [4.69, 9.17) is 4.74 Å². The summed E-state index contributed by atoms with van der Waals surface area (Å²) >= 11 is 0. The van der Waals surface area contributed by atoms with Gasteiger partial charge in [-0.1, -0.05) is 17.3 Å². The lowest BCUT2D eigenvalue weighted by Crippen LogP contribution is -2.50. The number of non-ortho nitro benzene ring substituents is 1. The molecule has 1 aliphatic rings. The van der Waals surface area contributed by atoms with Crippen molar-refractivity contribution < 1.29 is 19.2 Å². The number of amides is 2. The van der Waals surface area contributed by atoms with E-state index < -0.39 is 4.92 Å². The van der Waals surface area contributed by atoms with Crippen LogP contribution in [0.25, 0.3) is 5.69 Å². The van der Waals surface area contributed by atoms with Crippen LogP contribution in [0.1, 0.15) is 26.5 Å². The number of aromatic nitrogens is 3. The van der Waals surface area contributed by atoms with E-state index in [0.29, 0.717) is 48.9 Å². The summed E-state index contributed by atoms with van der Waals surface area (Å²) in [5.41, 5.74) is 1.56. The number of nitro benzene ring substituents is 1. The summed E-state index contributed by atoms with van der Waals surface area (Å²) in [4.78, 5) is 39.7. The molecule has 1 saturated heterocycles. The van der Waals surface area contributed by atoms with Crippen molar-refractivity contribution in [2.45, 2.75) is 6.92 Å². The van der Waals surface area contributed by atoms with Gasteiger partial charge in [-0.3, -0.25) is 19.7 Å². The number of hydrogen-bond donors (Lipinski definition) is 0. The van der Waals surface area contributed by atoms with E-state index in [1.807, 2.05) is 0 Å². The van der Waals surface area contributed by atoms with Gasteiger partial charge in [-0.25, -0.2) is 4.68 Å². The molecule has 0 aliphatic carbocycles.